The molecule has 3 rings (SSSR count). The first kappa shape index (κ1) is 9.25. The van der Waals surface area contributed by atoms with Crippen molar-refractivity contribution in [3.05, 3.63) is 42.1 Å². The van der Waals surface area contributed by atoms with Gasteiger partial charge in [-0.15, -0.1) is 0 Å². The number of nitriles is 1. The number of benzene rings is 1. The maximum absolute atomic E-state index is 9.02. The molecular formula is C12H7N3S. The Labute approximate surface area is 97.1 Å². The molecule has 0 aliphatic carbocycles. The number of para-hydroxylation sites is 1. The lowest BCUT2D eigenvalue weighted by atomic mass is 10.2. The summed E-state index contributed by atoms with van der Waals surface area (Å²) in [6.07, 6.45) is 1.65. The second-order valence-corrected chi connectivity index (χ2v) is 4.42. The molecule has 3 nitrogen and oxygen atoms in total. The van der Waals surface area contributed by atoms with Crippen LogP contribution in [0.4, 0.5) is 11.5 Å². The van der Waals surface area contributed by atoms with Crippen molar-refractivity contribution in [1.82, 2.24) is 4.98 Å². The Morgan fingerprint density at radius 3 is 3.00 bits per heavy atom. The van der Waals surface area contributed by atoms with Crippen LogP contribution in [0.3, 0.4) is 0 Å². The van der Waals surface area contributed by atoms with Crippen LogP contribution in [-0.2, 0) is 0 Å². The first-order chi connectivity index (χ1) is 7.88. The summed E-state index contributed by atoms with van der Waals surface area (Å²) in [6.45, 7) is 0. The number of hydrogen-bond acceptors (Lipinski definition) is 4. The molecule has 0 saturated heterocycles. The third kappa shape index (κ3) is 1.34. The number of nitrogens with zero attached hydrogens (tertiary/aromatic N) is 2. The van der Waals surface area contributed by atoms with E-state index >= 15 is 0 Å². The van der Waals surface area contributed by atoms with Crippen LogP contribution in [0.1, 0.15) is 5.56 Å². The molecule has 0 radical (unpaired) electrons. The van der Waals surface area contributed by atoms with E-state index in [1.165, 1.54) is 0 Å². The van der Waals surface area contributed by atoms with E-state index in [2.05, 4.69) is 16.4 Å². The molecule has 1 aliphatic heterocycles. The van der Waals surface area contributed by atoms with E-state index in [0.717, 1.165) is 21.3 Å². The zero-order valence-corrected chi connectivity index (χ0v) is 9.08. The van der Waals surface area contributed by atoms with Crippen LogP contribution in [0.25, 0.3) is 0 Å². The summed E-state index contributed by atoms with van der Waals surface area (Å²) >= 11 is 1.59. The highest BCUT2D eigenvalue weighted by Crippen LogP contribution is 2.44. The molecule has 1 aliphatic rings. The Kier molecular flexibility index (Phi) is 2.05. The van der Waals surface area contributed by atoms with E-state index in [9.17, 15) is 0 Å². The molecule has 1 aromatic carbocycles. The number of pyridine rings is 1. The normalized spacial score (nSPS) is 11.9. The molecule has 16 heavy (non-hydrogen) atoms. The lowest BCUT2D eigenvalue weighted by Crippen LogP contribution is -2.03. The molecule has 1 aromatic heterocycles. The Morgan fingerprint density at radius 2 is 2.12 bits per heavy atom. The fourth-order valence-corrected chi connectivity index (χ4v) is 2.64. The first-order valence-electron chi connectivity index (χ1n) is 4.81. The van der Waals surface area contributed by atoms with Crippen LogP contribution in [0.5, 0.6) is 0 Å². The number of nitrogens with one attached hydrogen (secondary N) is 1. The fraction of sp³-hybridized carbons (Fsp3) is 0. The van der Waals surface area contributed by atoms with Crippen molar-refractivity contribution >= 4 is 23.3 Å². The van der Waals surface area contributed by atoms with E-state index in [4.69, 9.17) is 5.26 Å². The highest BCUT2D eigenvalue weighted by Gasteiger charge is 2.18. The molecule has 0 bridgehead atoms. The molecule has 0 unspecified atom stereocenters. The SMILES string of the molecule is N#Cc1ccnc2c1Sc1ccccc1N2. The zero-order valence-electron chi connectivity index (χ0n) is 8.27. The Morgan fingerprint density at radius 1 is 1.25 bits per heavy atom. The van der Waals surface area contributed by atoms with Crippen LogP contribution in [0.15, 0.2) is 46.3 Å². The smallest absolute Gasteiger partial charge is 0.145 e. The van der Waals surface area contributed by atoms with Gasteiger partial charge in [-0.25, -0.2) is 4.98 Å². The van der Waals surface area contributed by atoms with Crippen molar-refractivity contribution in [2.75, 3.05) is 5.32 Å². The van der Waals surface area contributed by atoms with Crippen molar-refractivity contribution in [3.63, 3.8) is 0 Å². The summed E-state index contributed by atoms with van der Waals surface area (Å²) in [5, 5.41) is 12.3. The summed E-state index contributed by atoms with van der Waals surface area (Å²) in [7, 11) is 0. The minimum Gasteiger partial charge on any atom is -0.338 e. The predicted octanol–water partition coefficient (Wildman–Crippen LogP) is 3.16. The summed E-state index contributed by atoms with van der Waals surface area (Å²) in [6, 6.07) is 11.9. The molecule has 2 aromatic rings. The van der Waals surface area contributed by atoms with Gasteiger partial charge in [0.1, 0.15) is 11.9 Å². The van der Waals surface area contributed by atoms with Gasteiger partial charge in [0.05, 0.1) is 16.1 Å². The van der Waals surface area contributed by atoms with Crippen molar-refractivity contribution in [2.24, 2.45) is 0 Å². The molecule has 1 N–H and O–H groups in total. The van der Waals surface area contributed by atoms with E-state index < -0.39 is 0 Å². The lowest BCUT2D eigenvalue weighted by Gasteiger charge is -2.19. The molecule has 0 amide bonds. The number of rotatable bonds is 0. The van der Waals surface area contributed by atoms with Crippen LogP contribution in [0.2, 0.25) is 0 Å². The van der Waals surface area contributed by atoms with Gasteiger partial charge < -0.3 is 5.32 Å². The van der Waals surface area contributed by atoms with Crippen LogP contribution in [-0.4, -0.2) is 4.98 Å². The second kappa shape index (κ2) is 3.54. The van der Waals surface area contributed by atoms with Gasteiger partial charge in [0.15, 0.2) is 0 Å². The molecule has 0 atom stereocenters. The highest BCUT2D eigenvalue weighted by atomic mass is 32.2. The van der Waals surface area contributed by atoms with E-state index in [1.807, 2.05) is 24.3 Å². The summed E-state index contributed by atoms with van der Waals surface area (Å²) in [5.74, 6) is 0.766. The maximum Gasteiger partial charge on any atom is 0.145 e. The summed E-state index contributed by atoms with van der Waals surface area (Å²) in [5.41, 5.74) is 1.71. The Balaban J connectivity index is 2.16. The van der Waals surface area contributed by atoms with E-state index in [1.54, 1.807) is 24.0 Å². The monoisotopic (exact) mass is 225 g/mol. The topological polar surface area (TPSA) is 48.7 Å². The van der Waals surface area contributed by atoms with Gasteiger partial charge in [-0.3, -0.25) is 0 Å². The summed E-state index contributed by atoms with van der Waals surface area (Å²) in [4.78, 5) is 6.27. The Hall–Kier alpha value is -1.99. The average molecular weight is 225 g/mol. The van der Waals surface area contributed by atoms with Crippen molar-refractivity contribution in [1.29, 1.82) is 5.26 Å². The van der Waals surface area contributed by atoms with Gasteiger partial charge in [-0.2, -0.15) is 5.26 Å². The van der Waals surface area contributed by atoms with Gasteiger partial charge >= 0.3 is 0 Å². The van der Waals surface area contributed by atoms with Gasteiger partial charge in [-0.05, 0) is 18.2 Å². The van der Waals surface area contributed by atoms with Crippen molar-refractivity contribution in [3.8, 4) is 6.07 Å². The molecule has 76 valence electrons. The molecule has 0 spiro atoms. The first-order valence-corrected chi connectivity index (χ1v) is 5.63. The maximum atomic E-state index is 9.02. The third-order valence-electron chi connectivity index (χ3n) is 2.38. The van der Waals surface area contributed by atoms with Crippen LogP contribution in [0, 0.1) is 11.3 Å². The standard InChI is InChI=1S/C12H7N3S/c13-7-8-5-6-14-12-11(8)16-10-4-2-1-3-9(10)15-12/h1-6H,(H,14,15). The van der Waals surface area contributed by atoms with E-state index in [0.29, 0.717) is 5.56 Å². The molecular weight excluding hydrogens is 218 g/mol. The number of fused-ring (bicyclic) bond motifs is 2. The number of anilines is 2. The number of aromatic nitrogens is 1. The van der Waals surface area contributed by atoms with Gasteiger partial charge in [0.2, 0.25) is 0 Å². The molecule has 0 fully saturated rings. The average Bonchev–Trinajstić information content (AvgIpc) is 2.35. The number of hydrogen-bond donors (Lipinski definition) is 1. The zero-order chi connectivity index (χ0) is 11.0. The largest absolute Gasteiger partial charge is 0.338 e. The fourth-order valence-electron chi connectivity index (χ4n) is 1.63. The third-order valence-corrected chi connectivity index (χ3v) is 3.57. The molecule has 2 heterocycles. The minimum atomic E-state index is 0.664. The minimum absolute atomic E-state index is 0.664. The van der Waals surface area contributed by atoms with E-state index in [-0.39, 0.29) is 0 Å². The second-order valence-electron chi connectivity index (χ2n) is 3.37. The molecule has 0 saturated carbocycles. The Bertz CT molecular complexity index is 601. The predicted molar refractivity (Wildman–Crippen MR) is 62.8 cm³/mol. The van der Waals surface area contributed by atoms with Gasteiger partial charge in [-0.1, -0.05) is 23.9 Å². The molecule has 4 heteroatoms. The van der Waals surface area contributed by atoms with Crippen molar-refractivity contribution in [2.45, 2.75) is 9.79 Å². The quantitative estimate of drug-likeness (QED) is 0.638. The van der Waals surface area contributed by atoms with Crippen LogP contribution < -0.4 is 5.32 Å². The van der Waals surface area contributed by atoms with Crippen LogP contribution >= 0.6 is 11.8 Å². The van der Waals surface area contributed by atoms with Crippen molar-refractivity contribution < 1.29 is 0 Å². The van der Waals surface area contributed by atoms with Gasteiger partial charge in [0.25, 0.3) is 0 Å². The highest BCUT2D eigenvalue weighted by molar-refractivity contribution is 7.99. The lowest BCUT2D eigenvalue weighted by molar-refractivity contribution is 1.18. The van der Waals surface area contributed by atoms with Gasteiger partial charge in [0, 0.05) is 11.1 Å². The summed E-state index contributed by atoms with van der Waals surface area (Å²) < 4.78 is 0.